The molecule has 9 aromatic rings. The van der Waals surface area contributed by atoms with Crippen molar-refractivity contribution >= 4 is 12.6 Å². The van der Waals surface area contributed by atoms with Crippen LogP contribution < -0.4 is 5.46 Å². The van der Waals surface area contributed by atoms with E-state index in [-0.39, 0.29) is 59.5 Å². The number of hydrogen-bond acceptors (Lipinski definition) is 4. The zero-order chi connectivity index (χ0) is 53.4. The maximum absolute atomic E-state index is 8.51. The summed E-state index contributed by atoms with van der Waals surface area (Å²) in [6, 6.07) is 39.7. The minimum atomic E-state index is -0.641. The van der Waals surface area contributed by atoms with Crippen LogP contribution in [0.2, 0.25) is 0 Å². The van der Waals surface area contributed by atoms with E-state index in [2.05, 4.69) is 66.7 Å². The van der Waals surface area contributed by atoms with E-state index in [0.717, 1.165) is 72.2 Å². The molecular formula is C60H51BN2O2. The molecule has 0 saturated carbocycles. The van der Waals surface area contributed by atoms with Crippen molar-refractivity contribution in [2.24, 2.45) is 0 Å². The van der Waals surface area contributed by atoms with E-state index >= 15 is 0 Å². The van der Waals surface area contributed by atoms with Gasteiger partial charge >= 0.3 is 7.12 Å². The molecule has 0 amide bonds. The first-order valence-corrected chi connectivity index (χ1v) is 21.6. The molecule has 0 bridgehead atoms. The predicted octanol–water partition coefficient (Wildman–Crippen LogP) is 14.7. The number of pyridine rings is 2. The lowest BCUT2D eigenvalue weighted by Crippen LogP contribution is -2.41. The molecule has 1 fully saturated rings. The zero-order valence-electron chi connectivity index (χ0n) is 47.1. The van der Waals surface area contributed by atoms with Crippen molar-refractivity contribution < 1.29 is 23.0 Å². The largest absolute Gasteiger partial charge is 0.494 e. The molecule has 0 aliphatic carbocycles. The number of nitrogens with zero attached hydrogens (tertiary/aromatic N) is 2. The fraction of sp³-hybridized carbons (Fsp3) is 0.133. The van der Waals surface area contributed by atoms with Crippen molar-refractivity contribution in [2.75, 3.05) is 0 Å². The van der Waals surface area contributed by atoms with Gasteiger partial charge in [-0.1, -0.05) is 170 Å². The fourth-order valence-corrected chi connectivity index (χ4v) is 8.41. The molecule has 1 saturated heterocycles. The average molecular weight is 853 g/mol. The van der Waals surface area contributed by atoms with Crippen molar-refractivity contribution in [1.29, 1.82) is 0 Å². The van der Waals surface area contributed by atoms with Crippen molar-refractivity contribution in [3.63, 3.8) is 0 Å². The van der Waals surface area contributed by atoms with Crippen LogP contribution in [0, 0.1) is 13.8 Å². The van der Waals surface area contributed by atoms with E-state index in [1.807, 2.05) is 102 Å². The van der Waals surface area contributed by atoms with E-state index in [1.165, 1.54) is 0 Å². The highest BCUT2D eigenvalue weighted by Gasteiger charge is 2.51. The number of benzene rings is 7. The molecule has 0 atom stereocenters. The molecule has 0 unspecified atom stereocenters. The van der Waals surface area contributed by atoms with Gasteiger partial charge in [-0.15, -0.1) is 0 Å². The van der Waals surface area contributed by atoms with Gasteiger partial charge in [0.1, 0.15) is 0 Å². The predicted molar refractivity (Wildman–Crippen MR) is 271 cm³/mol. The Morgan fingerprint density at radius 1 is 0.400 bits per heavy atom. The van der Waals surface area contributed by atoms with E-state index in [9.17, 15) is 0 Å². The summed E-state index contributed by atoms with van der Waals surface area (Å²) in [5.41, 5.74) is 13.4. The van der Waals surface area contributed by atoms with Gasteiger partial charge in [-0.2, -0.15) is 0 Å². The molecular weight excluding hydrogens is 791 g/mol. The topological polar surface area (TPSA) is 44.2 Å². The second-order valence-electron chi connectivity index (χ2n) is 17.4. The van der Waals surface area contributed by atoms with Gasteiger partial charge < -0.3 is 9.31 Å². The molecule has 1 aliphatic heterocycles. The summed E-state index contributed by atoms with van der Waals surface area (Å²) >= 11 is 0. The van der Waals surface area contributed by atoms with E-state index in [0.29, 0.717) is 22.5 Å². The Kier molecular flexibility index (Phi) is 8.31. The van der Waals surface area contributed by atoms with Gasteiger partial charge in [0, 0.05) is 34.6 Å². The van der Waals surface area contributed by atoms with Crippen LogP contribution in [0.25, 0.3) is 89.3 Å². The molecule has 3 heterocycles. The van der Waals surface area contributed by atoms with Gasteiger partial charge in [-0.05, 0) is 132 Å². The van der Waals surface area contributed by atoms with Crippen molar-refractivity contribution in [1.82, 2.24) is 9.97 Å². The average Bonchev–Trinajstić information content (AvgIpc) is 3.64. The van der Waals surface area contributed by atoms with Gasteiger partial charge in [0.25, 0.3) is 0 Å². The molecule has 7 aromatic carbocycles. The lowest BCUT2D eigenvalue weighted by Gasteiger charge is -2.32. The van der Waals surface area contributed by atoms with Crippen LogP contribution in [-0.2, 0) is 9.31 Å². The molecule has 316 valence electrons. The maximum atomic E-state index is 8.51. The number of aromatic nitrogens is 2. The van der Waals surface area contributed by atoms with E-state index in [1.54, 1.807) is 12.4 Å². The van der Waals surface area contributed by atoms with Crippen LogP contribution in [0.4, 0.5) is 0 Å². The Hall–Kier alpha value is -7.18. The van der Waals surface area contributed by atoms with Gasteiger partial charge in [0.15, 0.2) is 0 Å². The van der Waals surface area contributed by atoms with Gasteiger partial charge in [-0.3, -0.25) is 9.97 Å². The Morgan fingerprint density at radius 3 is 1.12 bits per heavy atom. The normalized spacial score (nSPS) is 16.2. The number of aryl methyl sites for hydroxylation is 2. The summed E-state index contributed by atoms with van der Waals surface area (Å²) in [6.07, 6.45) is 3.16. The molecule has 10 rings (SSSR count). The molecule has 0 N–H and O–H groups in total. The van der Waals surface area contributed by atoms with Gasteiger partial charge in [-0.25, -0.2) is 0 Å². The third-order valence-electron chi connectivity index (χ3n) is 12.7. The monoisotopic (exact) mass is 852 g/mol. The molecule has 0 spiro atoms. The third kappa shape index (κ3) is 8.26. The maximum Gasteiger partial charge on any atom is 0.494 e. The Labute approximate surface area is 397 Å². The highest BCUT2D eigenvalue weighted by Crippen LogP contribution is 2.41. The van der Waals surface area contributed by atoms with Crippen LogP contribution in [0.15, 0.2) is 200 Å². The highest BCUT2D eigenvalue weighted by molar-refractivity contribution is 6.62. The summed E-state index contributed by atoms with van der Waals surface area (Å²) in [4.78, 5) is 9.42. The van der Waals surface area contributed by atoms with E-state index in [4.69, 9.17) is 33.0 Å². The lowest BCUT2D eigenvalue weighted by atomic mass is 9.75. The molecule has 4 nitrogen and oxygen atoms in total. The van der Waals surface area contributed by atoms with Crippen LogP contribution in [0.3, 0.4) is 0 Å². The fourth-order valence-electron chi connectivity index (χ4n) is 8.41. The number of hydrogen-bond donors (Lipinski definition) is 0. The second-order valence-corrected chi connectivity index (χ2v) is 17.4. The van der Waals surface area contributed by atoms with Crippen LogP contribution in [0.1, 0.15) is 52.5 Å². The van der Waals surface area contributed by atoms with Gasteiger partial charge in [0.2, 0.25) is 0 Å². The second kappa shape index (κ2) is 17.1. The first-order valence-electron chi connectivity index (χ1n) is 26.6. The standard InChI is InChI=1S/C60H51BN2O2/c1-40-33-57(62-38-55(40)42-17-9-7-10-18-42)46-29-25-44(26-30-46)51-21-13-15-23-53(51)48-35-49(37-50(36-48)61-64-59(3,4)60(5,6)65-61)54-24-16-14-22-52(54)45-27-31-47(32-28-45)58-34-41(2)56(39-63-58)43-19-11-8-12-20-43/h7-39H,1-6H3/i7D,8D,9D,10D,11D,12D,17D,18D,19D,20D. The van der Waals surface area contributed by atoms with Crippen molar-refractivity contribution in [3.8, 4) is 89.3 Å². The lowest BCUT2D eigenvalue weighted by molar-refractivity contribution is 0.00578. The third-order valence-corrected chi connectivity index (χ3v) is 12.7. The summed E-state index contributed by atoms with van der Waals surface area (Å²) in [6.45, 7) is 11.9. The Balaban J connectivity index is 1.00. The Morgan fingerprint density at radius 2 is 0.754 bits per heavy atom. The summed E-state index contributed by atoms with van der Waals surface area (Å²) in [7, 11) is -0.641. The van der Waals surface area contributed by atoms with Gasteiger partial charge in [0.05, 0.1) is 36.3 Å². The number of rotatable bonds is 9. The minimum absolute atomic E-state index is 0.126. The van der Waals surface area contributed by atoms with Crippen LogP contribution in [0.5, 0.6) is 0 Å². The van der Waals surface area contributed by atoms with Crippen molar-refractivity contribution in [2.45, 2.75) is 52.7 Å². The molecule has 1 aliphatic rings. The highest BCUT2D eigenvalue weighted by atomic mass is 16.7. The molecule has 65 heavy (non-hydrogen) atoms. The summed E-state index contributed by atoms with van der Waals surface area (Å²) in [5.74, 6) is 0. The van der Waals surface area contributed by atoms with Crippen LogP contribution in [-0.4, -0.2) is 28.3 Å². The molecule has 0 radical (unpaired) electrons. The smallest absolute Gasteiger partial charge is 0.399 e. The molecule has 2 aromatic heterocycles. The minimum Gasteiger partial charge on any atom is -0.399 e. The van der Waals surface area contributed by atoms with Crippen molar-refractivity contribution in [3.05, 3.63) is 211 Å². The molecule has 5 heteroatoms. The SMILES string of the molecule is [2H]c1c([2H])c([2H])c(-c2cnc(-c3ccc(-c4ccccc4-c4cc(B5OC(C)(C)C(C)(C)O5)cc(-c5ccccc5-c5ccc(-c6cc(C)c(-c7c([2H])c([2H])c([2H])c([2H])c7[2H])cn6)cc5)c4)cc3)cc2C)c([2H])c1[2H]. The zero-order valence-corrected chi connectivity index (χ0v) is 37.1. The first kappa shape index (κ1) is 31.6. The summed E-state index contributed by atoms with van der Waals surface area (Å²) < 4.78 is 96.2. The first-order chi connectivity index (χ1) is 35.6. The van der Waals surface area contributed by atoms with Crippen LogP contribution >= 0.6 is 0 Å². The summed E-state index contributed by atoms with van der Waals surface area (Å²) in [5, 5.41) is 0. The van der Waals surface area contributed by atoms with E-state index < -0.39 is 30.4 Å². The quantitative estimate of drug-likeness (QED) is 0.136. The Bertz CT molecular complexity index is 3470.